The highest BCUT2D eigenvalue weighted by Gasteiger charge is 2.17. The number of nitrogens with two attached hydrogens (primary N) is 1. The molecule has 0 aliphatic heterocycles. The van der Waals surface area contributed by atoms with Crippen LogP contribution in [0.1, 0.15) is 38.4 Å². The summed E-state index contributed by atoms with van der Waals surface area (Å²) in [5, 5.41) is 3.90. The first-order valence-corrected chi connectivity index (χ1v) is 7.13. The van der Waals surface area contributed by atoms with Gasteiger partial charge in [-0.2, -0.15) is 11.8 Å². The van der Waals surface area contributed by atoms with Crippen molar-refractivity contribution in [2.75, 3.05) is 6.54 Å². The summed E-state index contributed by atoms with van der Waals surface area (Å²) in [5.41, 5.74) is 6.94. The van der Waals surface area contributed by atoms with E-state index < -0.39 is 0 Å². The van der Waals surface area contributed by atoms with Gasteiger partial charge in [0.15, 0.2) is 0 Å². The Bertz CT molecular complexity index is 302. The van der Waals surface area contributed by atoms with Crippen LogP contribution in [-0.4, -0.2) is 16.8 Å². The van der Waals surface area contributed by atoms with Gasteiger partial charge in [-0.3, -0.25) is 0 Å². The zero-order valence-electron chi connectivity index (χ0n) is 9.91. The fraction of sp³-hybridized carbons (Fsp3) is 0.727. The number of thioether (sulfide) groups is 1. The Balaban J connectivity index is 2.54. The Labute approximate surface area is 101 Å². The van der Waals surface area contributed by atoms with E-state index in [0.29, 0.717) is 5.25 Å². The van der Waals surface area contributed by atoms with Gasteiger partial charge in [0.1, 0.15) is 5.01 Å². The first-order valence-electron chi connectivity index (χ1n) is 5.20. The first-order chi connectivity index (χ1) is 6.93. The van der Waals surface area contributed by atoms with Gasteiger partial charge in [-0.15, -0.1) is 11.3 Å². The second-order valence-electron chi connectivity index (χ2n) is 4.73. The minimum Gasteiger partial charge on any atom is -0.329 e. The van der Waals surface area contributed by atoms with Gasteiger partial charge in [0.05, 0.1) is 5.69 Å². The van der Waals surface area contributed by atoms with Crippen LogP contribution in [0.5, 0.6) is 0 Å². The zero-order valence-corrected chi connectivity index (χ0v) is 11.5. The molecule has 0 spiro atoms. The molecule has 0 aliphatic carbocycles. The molecule has 1 aromatic rings. The third-order valence-electron chi connectivity index (χ3n) is 2.14. The van der Waals surface area contributed by atoms with Crippen molar-refractivity contribution < 1.29 is 0 Å². The molecule has 1 aromatic heterocycles. The summed E-state index contributed by atoms with van der Waals surface area (Å²) in [6, 6.07) is 0. The van der Waals surface area contributed by atoms with Gasteiger partial charge in [0, 0.05) is 28.3 Å². The molecule has 4 heteroatoms. The Kier molecular flexibility index (Phi) is 4.62. The second-order valence-corrected chi connectivity index (χ2v) is 7.10. The van der Waals surface area contributed by atoms with Crippen LogP contribution in [-0.2, 0) is 11.2 Å². The van der Waals surface area contributed by atoms with Crippen LogP contribution in [0.2, 0.25) is 0 Å². The van der Waals surface area contributed by atoms with E-state index in [-0.39, 0.29) is 5.41 Å². The molecule has 2 N–H and O–H groups in total. The van der Waals surface area contributed by atoms with Crippen LogP contribution >= 0.6 is 23.1 Å². The minimum atomic E-state index is 0.166. The van der Waals surface area contributed by atoms with Crippen molar-refractivity contribution in [3.8, 4) is 0 Å². The van der Waals surface area contributed by atoms with E-state index in [2.05, 4.69) is 38.1 Å². The predicted molar refractivity (Wildman–Crippen MR) is 70.6 cm³/mol. The third-order valence-corrected chi connectivity index (χ3v) is 4.38. The molecule has 2 nitrogen and oxygen atoms in total. The number of nitrogens with zero attached hydrogens (tertiary/aromatic N) is 1. The predicted octanol–water partition coefficient (Wildman–Crippen LogP) is 3.02. The summed E-state index contributed by atoms with van der Waals surface area (Å²) in [7, 11) is 0. The van der Waals surface area contributed by atoms with E-state index in [1.807, 2.05) is 11.8 Å². The normalized spacial score (nSPS) is 14.2. The molecule has 1 heterocycles. The molecular formula is C11H20N2S2. The fourth-order valence-electron chi connectivity index (χ4n) is 1.00. The second kappa shape index (κ2) is 5.32. The Morgan fingerprint density at radius 3 is 2.67 bits per heavy atom. The van der Waals surface area contributed by atoms with Crippen molar-refractivity contribution in [2.45, 2.75) is 44.1 Å². The fourth-order valence-corrected chi connectivity index (χ4v) is 2.91. The maximum absolute atomic E-state index is 5.57. The highest BCUT2D eigenvalue weighted by Crippen LogP contribution is 2.26. The van der Waals surface area contributed by atoms with E-state index in [1.54, 1.807) is 11.3 Å². The topological polar surface area (TPSA) is 38.9 Å². The van der Waals surface area contributed by atoms with E-state index >= 15 is 0 Å². The van der Waals surface area contributed by atoms with Gasteiger partial charge in [-0.1, -0.05) is 27.7 Å². The molecule has 0 bridgehead atoms. The van der Waals surface area contributed by atoms with Crippen LogP contribution in [0.15, 0.2) is 5.38 Å². The molecule has 86 valence electrons. The Morgan fingerprint density at radius 1 is 1.53 bits per heavy atom. The van der Waals surface area contributed by atoms with Crippen LogP contribution in [0.4, 0.5) is 0 Å². The molecule has 0 aliphatic rings. The number of hydrogen-bond donors (Lipinski definition) is 1. The van der Waals surface area contributed by atoms with E-state index in [4.69, 9.17) is 5.73 Å². The molecule has 1 atom stereocenters. The summed E-state index contributed by atoms with van der Waals surface area (Å²) in [6.07, 6.45) is 0. The van der Waals surface area contributed by atoms with E-state index in [0.717, 1.165) is 12.3 Å². The molecule has 1 rings (SSSR count). The van der Waals surface area contributed by atoms with Crippen LogP contribution in [0.25, 0.3) is 0 Å². The maximum atomic E-state index is 5.57. The SMILES string of the molecule is CC(CN)SCc1nc(C(C)(C)C)cs1. The molecular weight excluding hydrogens is 224 g/mol. The Hall–Kier alpha value is -0.0600. The van der Waals surface area contributed by atoms with Crippen molar-refractivity contribution in [1.29, 1.82) is 0 Å². The maximum Gasteiger partial charge on any atom is 0.103 e. The van der Waals surface area contributed by atoms with Gasteiger partial charge in [-0.25, -0.2) is 4.98 Å². The average Bonchev–Trinajstić information content (AvgIpc) is 2.61. The lowest BCUT2D eigenvalue weighted by Gasteiger charge is -2.14. The third kappa shape index (κ3) is 4.13. The highest BCUT2D eigenvalue weighted by molar-refractivity contribution is 7.99. The molecule has 0 saturated heterocycles. The lowest BCUT2D eigenvalue weighted by Crippen LogP contribution is -2.13. The molecule has 0 radical (unpaired) electrons. The minimum absolute atomic E-state index is 0.166. The summed E-state index contributed by atoms with van der Waals surface area (Å²) < 4.78 is 0. The van der Waals surface area contributed by atoms with Crippen LogP contribution in [0, 0.1) is 0 Å². The zero-order chi connectivity index (χ0) is 11.5. The van der Waals surface area contributed by atoms with Gasteiger partial charge in [0.2, 0.25) is 0 Å². The largest absolute Gasteiger partial charge is 0.329 e. The number of rotatable bonds is 4. The van der Waals surface area contributed by atoms with E-state index in [9.17, 15) is 0 Å². The van der Waals surface area contributed by atoms with Crippen LogP contribution < -0.4 is 5.73 Å². The highest BCUT2D eigenvalue weighted by atomic mass is 32.2. The van der Waals surface area contributed by atoms with Gasteiger partial charge in [-0.05, 0) is 0 Å². The quantitative estimate of drug-likeness (QED) is 0.885. The number of thiazole rings is 1. The monoisotopic (exact) mass is 244 g/mol. The standard InChI is InChI=1S/C11H20N2S2/c1-8(5-12)14-7-10-13-9(6-15-10)11(2,3)4/h6,8H,5,7,12H2,1-4H3. The lowest BCUT2D eigenvalue weighted by atomic mass is 9.93. The van der Waals surface area contributed by atoms with Gasteiger partial charge in [0.25, 0.3) is 0 Å². The molecule has 0 amide bonds. The average molecular weight is 244 g/mol. The lowest BCUT2D eigenvalue weighted by molar-refractivity contribution is 0.572. The Morgan fingerprint density at radius 2 is 2.20 bits per heavy atom. The van der Waals surface area contributed by atoms with Crippen molar-refractivity contribution in [2.24, 2.45) is 5.73 Å². The number of hydrogen-bond acceptors (Lipinski definition) is 4. The molecule has 0 saturated carbocycles. The van der Waals surface area contributed by atoms with E-state index in [1.165, 1.54) is 10.7 Å². The summed E-state index contributed by atoms with van der Waals surface area (Å²) in [5.74, 6) is 0.985. The molecule has 15 heavy (non-hydrogen) atoms. The van der Waals surface area contributed by atoms with Crippen LogP contribution in [0.3, 0.4) is 0 Å². The van der Waals surface area contributed by atoms with Crippen molar-refractivity contribution in [1.82, 2.24) is 4.98 Å². The molecule has 0 fully saturated rings. The van der Waals surface area contributed by atoms with Gasteiger partial charge < -0.3 is 5.73 Å². The smallest absolute Gasteiger partial charge is 0.103 e. The first kappa shape index (κ1) is 13.0. The summed E-state index contributed by atoms with van der Waals surface area (Å²) >= 11 is 3.63. The van der Waals surface area contributed by atoms with Crippen molar-refractivity contribution >= 4 is 23.1 Å². The summed E-state index contributed by atoms with van der Waals surface area (Å²) in [4.78, 5) is 4.64. The van der Waals surface area contributed by atoms with Crippen molar-refractivity contribution in [3.05, 3.63) is 16.1 Å². The number of aromatic nitrogens is 1. The van der Waals surface area contributed by atoms with Crippen molar-refractivity contribution in [3.63, 3.8) is 0 Å². The summed E-state index contributed by atoms with van der Waals surface area (Å²) in [6.45, 7) is 9.48. The molecule has 0 aromatic carbocycles. The van der Waals surface area contributed by atoms with Gasteiger partial charge >= 0.3 is 0 Å². The molecule has 1 unspecified atom stereocenters.